The van der Waals surface area contributed by atoms with Crippen molar-refractivity contribution in [1.82, 2.24) is 0 Å². The number of carbonyl (C=O) groups is 2. The maximum absolute atomic E-state index is 11.7. The van der Waals surface area contributed by atoms with Gasteiger partial charge in [0.2, 0.25) is 0 Å². The molecule has 0 aromatic carbocycles. The Labute approximate surface area is 101 Å². The molecule has 0 amide bonds. The highest BCUT2D eigenvalue weighted by molar-refractivity contribution is 5.95. The fraction of sp³-hybridized carbons (Fsp3) is 0.538. The van der Waals surface area contributed by atoms with Crippen LogP contribution in [0.4, 0.5) is 0 Å². The van der Waals surface area contributed by atoms with E-state index >= 15 is 0 Å². The summed E-state index contributed by atoms with van der Waals surface area (Å²) in [4.78, 5) is 23.3. The van der Waals surface area contributed by atoms with Crippen LogP contribution in [-0.4, -0.2) is 26.2 Å². The smallest absolute Gasteiger partial charge is 0.320 e. The van der Waals surface area contributed by atoms with Crippen molar-refractivity contribution in [3.63, 3.8) is 0 Å². The Morgan fingerprint density at radius 2 is 1.65 bits per heavy atom. The Balaban J connectivity index is 2.90. The van der Waals surface area contributed by atoms with Crippen LogP contribution in [0.1, 0.15) is 13.3 Å². The van der Waals surface area contributed by atoms with E-state index in [1.807, 2.05) is 31.2 Å². The third-order valence-corrected chi connectivity index (χ3v) is 2.89. The molecular formula is C13H18O4. The molecule has 0 aromatic heterocycles. The summed E-state index contributed by atoms with van der Waals surface area (Å²) in [5, 5.41) is 0. The van der Waals surface area contributed by atoms with Crippen molar-refractivity contribution >= 4 is 11.9 Å². The van der Waals surface area contributed by atoms with Crippen molar-refractivity contribution in [2.45, 2.75) is 13.3 Å². The molecule has 94 valence electrons. The zero-order valence-corrected chi connectivity index (χ0v) is 10.4. The van der Waals surface area contributed by atoms with Gasteiger partial charge in [0, 0.05) is 5.92 Å². The van der Waals surface area contributed by atoms with Crippen molar-refractivity contribution in [1.29, 1.82) is 0 Å². The number of hydrogen-bond acceptors (Lipinski definition) is 4. The number of carbonyl (C=O) groups excluding carboxylic acids is 2. The average Bonchev–Trinajstić information content (AvgIpc) is 2.53. The van der Waals surface area contributed by atoms with Crippen LogP contribution >= 0.6 is 0 Å². The van der Waals surface area contributed by atoms with Crippen LogP contribution in [0, 0.1) is 17.8 Å². The summed E-state index contributed by atoms with van der Waals surface area (Å²) in [5.74, 6) is -1.82. The van der Waals surface area contributed by atoms with E-state index in [1.165, 1.54) is 14.2 Å². The molecule has 0 spiro atoms. The lowest BCUT2D eigenvalue weighted by Gasteiger charge is -2.21. The molecule has 1 aliphatic carbocycles. The fourth-order valence-electron chi connectivity index (χ4n) is 1.99. The molecule has 0 heterocycles. The molecule has 0 fully saturated rings. The Morgan fingerprint density at radius 1 is 1.12 bits per heavy atom. The van der Waals surface area contributed by atoms with Crippen molar-refractivity contribution in [2.24, 2.45) is 17.8 Å². The van der Waals surface area contributed by atoms with Gasteiger partial charge in [-0.2, -0.15) is 0 Å². The standard InChI is InChI=1S/C13H18O4/c1-9-6-4-5-7-10(8-9)11(12(14)16-2)13(15)17-3/h4-7,9-11H,8H2,1-3H3/t9-,10-/m0/s1. The van der Waals surface area contributed by atoms with Crippen LogP contribution in [0.5, 0.6) is 0 Å². The van der Waals surface area contributed by atoms with Gasteiger partial charge in [-0.1, -0.05) is 31.2 Å². The number of hydrogen-bond donors (Lipinski definition) is 0. The van der Waals surface area contributed by atoms with Crippen molar-refractivity contribution < 1.29 is 19.1 Å². The van der Waals surface area contributed by atoms with E-state index in [1.54, 1.807) is 0 Å². The van der Waals surface area contributed by atoms with Gasteiger partial charge in [-0.25, -0.2) is 0 Å². The first-order chi connectivity index (χ1) is 8.10. The molecule has 17 heavy (non-hydrogen) atoms. The van der Waals surface area contributed by atoms with Crippen molar-refractivity contribution in [2.75, 3.05) is 14.2 Å². The summed E-state index contributed by atoms with van der Waals surface area (Å²) in [6.45, 7) is 2.04. The van der Waals surface area contributed by atoms with Crippen LogP contribution < -0.4 is 0 Å². The molecule has 4 nitrogen and oxygen atoms in total. The Kier molecular flexibility index (Phi) is 4.94. The largest absolute Gasteiger partial charge is 0.468 e. The molecule has 0 bridgehead atoms. The van der Waals surface area contributed by atoms with Gasteiger partial charge in [0.15, 0.2) is 5.92 Å². The van der Waals surface area contributed by atoms with Crippen LogP contribution in [-0.2, 0) is 19.1 Å². The molecule has 4 heteroatoms. The molecular weight excluding hydrogens is 220 g/mol. The average molecular weight is 238 g/mol. The maximum Gasteiger partial charge on any atom is 0.320 e. The van der Waals surface area contributed by atoms with E-state index in [-0.39, 0.29) is 5.92 Å². The van der Waals surface area contributed by atoms with Crippen LogP contribution in [0.15, 0.2) is 24.3 Å². The Hall–Kier alpha value is -1.58. The second kappa shape index (κ2) is 6.23. The van der Waals surface area contributed by atoms with Gasteiger partial charge in [0.25, 0.3) is 0 Å². The van der Waals surface area contributed by atoms with Crippen LogP contribution in [0.2, 0.25) is 0 Å². The van der Waals surface area contributed by atoms with Gasteiger partial charge >= 0.3 is 11.9 Å². The quantitative estimate of drug-likeness (QED) is 0.555. The molecule has 2 atom stereocenters. The van der Waals surface area contributed by atoms with Gasteiger partial charge < -0.3 is 9.47 Å². The number of rotatable bonds is 3. The SMILES string of the molecule is COC(=O)C(C(=O)OC)[C@H]1C=CC=C[C@H](C)C1. The number of allylic oxidation sites excluding steroid dienone is 4. The zero-order chi connectivity index (χ0) is 12.8. The van der Waals surface area contributed by atoms with Gasteiger partial charge in [0.05, 0.1) is 14.2 Å². The minimum absolute atomic E-state index is 0.181. The molecule has 0 aliphatic heterocycles. The van der Waals surface area contributed by atoms with Crippen LogP contribution in [0.3, 0.4) is 0 Å². The number of esters is 2. The molecule has 0 unspecified atom stereocenters. The molecule has 0 saturated heterocycles. The van der Waals surface area contributed by atoms with Gasteiger partial charge in [-0.3, -0.25) is 9.59 Å². The van der Waals surface area contributed by atoms with Crippen molar-refractivity contribution in [3.8, 4) is 0 Å². The summed E-state index contributed by atoms with van der Waals surface area (Å²) >= 11 is 0. The second-order valence-corrected chi connectivity index (χ2v) is 4.17. The number of methoxy groups -OCH3 is 2. The summed E-state index contributed by atoms with van der Waals surface area (Å²) < 4.78 is 9.34. The minimum Gasteiger partial charge on any atom is -0.468 e. The predicted octanol–water partition coefficient (Wildman–Crippen LogP) is 1.72. The molecule has 1 aliphatic rings. The van der Waals surface area contributed by atoms with E-state index in [2.05, 4.69) is 9.47 Å². The lowest BCUT2D eigenvalue weighted by Crippen LogP contribution is -2.33. The summed E-state index contributed by atoms with van der Waals surface area (Å²) in [7, 11) is 2.56. The first-order valence-corrected chi connectivity index (χ1v) is 5.60. The predicted molar refractivity (Wildman–Crippen MR) is 63.1 cm³/mol. The fourth-order valence-corrected chi connectivity index (χ4v) is 1.99. The summed E-state index contributed by atoms with van der Waals surface area (Å²) in [6.07, 6.45) is 8.41. The van der Waals surface area contributed by atoms with Crippen LogP contribution in [0.25, 0.3) is 0 Å². The first-order valence-electron chi connectivity index (χ1n) is 5.60. The third kappa shape index (κ3) is 3.44. The van der Waals surface area contributed by atoms with Crippen molar-refractivity contribution in [3.05, 3.63) is 24.3 Å². The van der Waals surface area contributed by atoms with E-state index in [0.29, 0.717) is 5.92 Å². The summed E-state index contributed by atoms with van der Waals surface area (Å²) in [6, 6.07) is 0. The molecule has 0 radical (unpaired) electrons. The van der Waals surface area contributed by atoms with E-state index < -0.39 is 17.9 Å². The van der Waals surface area contributed by atoms with E-state index in [4.69, 9.17) is 0 Å². The topological polar surface area (TPSA) is 52.6 Å². The monoisotopic (exact) mass is 238 g/mol. The molecule has 0 N–H and O–H groups in total. The number of ether oxygens (including phenoxy) is 2. The molecule has 0 aromatic rings. The molecule has 1 rings (SSSR count). The van der Waals surface area contributed by atoms with E-state index in [0.717, 1.165) is 6.42 Å². The minimum atomic E-state index is -0.872. The lowest BCUT2D eigenvalue weighted by atomic mass is 9.85. The zero-order valence-electron chi connectivity index (χ0n) is 10.4. The van der Waals surface area contributed by atoms with E-state index in [9.17, 15) is 9.59 Å². The van der Waals surface area contributed by atoms with Gasteiger partial charge in [-0.05, 0) is 12.3 Å². The highest BCUT2D eigenvalue weighted by Crippen LogP contribution is 2.27. The highest BCUT2D eigenvalue weighted by atomic mass is 16.5. The lowest BCUT2D eigenvalue weighted by molar-refractivity contribution is -0.160. The van der Waals surface area contributed by atoms with Gasteiger partial charge in [-0.15, -0.1) is 0 Å². The maximum atomic E-state index is 11.7. The Morgan fingerprint density at radius 3 is 2.18 bits per heavy atom. The second-order valence-electron chi connectivity index (χ2n) is 4.17. The first kappa shape index (κ1) is 13.5. The summed E-state index contributed by atoms with van der Waals surface area (Å²) in [5.41, 5.74) is 0. The molecule has 0 saturated carbocycles. The third-order valence-electron chi connectivity index (χ3n) is 2.89. The Bertz CT molecular complexity index is 327. The van der Waals surface area contributed by atoms with Gasteiger partial charge in [0.1, 0.15) is 0 Å². The normalized spacial score (nSPS) is 23.3. The highest BCUT2D eigenvalue weighted by Gasteiger charge is 2.36.